The van der Waals surface area contributed by atoms with Crippen LogP contribution < -0.4 is 5.32 Å². The Labute approximate surface area is 124 Å². The quantitative estimate of drug-likeness (QED) is 0.835. The highest BCUT2D eigenvalue weighted by molar-refractivity contribution is 5.10. The molecule has 1 aliphatic heterocycles. The second-order valence-electron chi connectivity index (χ2n) is 7.33. The highest BCUT2D eigenvalue weighted by Crippen LogP contribution is 2.43. The van der Waals surface area contributed by atoms with Gasteiger partial charge in [0.15, 0.2) is 0 Å². The lowest BCUT2D eigenvalue weighted by molar-refractivity contribution is 0.0867. The van der Waals surface area contributed by atoms with Crippen LogP contribution >= 0.6 is 0 Å². The Morgan fingerprint density at radius 2 is 2.00 bits per heavy atom. The first-order valence-electron chi connectivity index (χ1n) is 8.29. The fourth-order valence-corrected chi connectivity index (χ4v) is 3.62. The number of hydrogen-bond donors (Lipinski definition) is 1. The monoisotopic (exact) mass is 278 g/mol. The van der Waals surface area contributed by atoms with Gasteiger partial charge in [-0.3, -0.25) is 5.32 Å². The molecular formula is C17H30N2O. The molecule has 2 aliphatic rings. The molecule has 0 bridgehead atoms. The van der Waals surface area contributed by atoms with Crippen molar-refractivity contribution in [3.05, 3.63) is 0 Å². The molecule has 3 heteroatoms. The van der Waals surface area contributed by atoms with Crippen molar-refractivity contribution in [3.63, 3.8) is 0 Å². The largest absolute Gasteiger partial charge is 0.377 e. The van der Waals surface area contributed by atoms with Crippen LogP contribution in [0, 0.1) is 22.7 Å². The summed E-state index contributed by atoms with van der Waals surface area (Å²) in [6.45, 7) is 8.75. The van der Waals surface area contributed by atoms with Crippen LogP contribution in [-0.2, 0) is 4.74 Å². The molecule has 0 amide bonds. The van der Waals surface area contributed by atoms with Gasteiger partial charge in [0.2, 0.25) is 0 Å². The van der Waals surface area contributed by atoms with Gasteiger partial charge in [-0.25, -0.2) is 0 Å². The van der Waals surface area contributed by atoms with E-state index in [1.807, 2.05) is 0 Å². The van der Waals surface area contributed by atoms with Crippen LogP contribution in [0.15, 0.2) is 0 Å². The molecule has 1 unspecified atom stereocenters. The summed E-state index contributed by atoms with van der Waals surface area (Å²) in [4.78, 5) is 0. The minimum absolute atomic E-state index is 0.299. The van der Waals surface area contributed by atoms with E-state index in [1.54, 1.807) is 0 Å². The zero-order chi connectivity index (χ0) is 14.6. The van der Waals surface area contributed by atoms with Gasteiger partial charge in [-0.1, -0.05) is 27.2 Å². The van der Waals surface area contributed by atoms with Gasteiger partial charge in [0.05, 0.1) is 12.2 Å². The summed E-state index contributed by atoms with van der Waals surface area (Å²) in [5.74, 6) is 0.763. The van der Waals surface area contributed by atoms with Crippen molar-refractivity contribution in [1.82, 2.24) is 5.32 Å². The lowest BCUT2D eigenvalue weighted by Gasteiger charge is -2.42. The van der Waals surface area contributed by atoms with E-state index >= 15 is 0 Å². The molecular weight excluding hydrogens is 248 g/mol. The van der Waals surface area contributed by atoms with E-state index in [2.05, 4.69) is 32.2 Å². The molecule has 0 aromatic heterocycles. The minimum Gasteiger partial charge on any atom is -0.377 e. The van der Waals surface area contributed by atoms with Gasteiger partial charge in [-0.15, -0.1) is 0 Å². The Balaban J connectivity index is 1.86. The molecule has 0 aromatic rings. The molecule has 2 rings (SSSR count). The fourth-order valence-electron chi connectivity index (χ4n) is 3.62. The van der Waals surface area contributed by atoms with Crippen molar-refractivity contribution in [2.75, 3.05) is 13.2 Å². The molecule has 114 valence electrons. The van der Waals surface area contributed by atoms with Gasteiger partial charge in [0.25, 0.3) is 0 Å². The smallest absolute Gasteiger partial charge is 0.106 e. The Bertz CT molecular complexity index is 344. The molecule has 1 aliphatic carbocycles. The number of hydrogen-bond acceptors (Lipinski definition) is 3. The molecule has 20 heavy (non-hydrogen) atoms. The van der Waals surface area contributed by atoms with E-state index in [4.69, 9.17) is 4.74 Å². The average Bonchev–Trinajstić information content (AvgIpc) is 2.99. The van der Waals surface area contributed by atoms with Crippen molar-refractivity contribution in [2.24, 2.45) is 11.3 Å². The van der Waals surface area contributed by atoms with Crippen molar-refractivity contribution in [2.45, 2.75) is 77.4 Å². The number of nitrogens with zero attached hydrogens (tertiary/aromatic N) is 1. The summed E-state index contributed by atoms with van der Waals surface area (Å²) in [5, 5.41) is 13.1. The van der Waals surface area contributed by atoms with Gasteiger partial charge in [-0.2, -0.15) is 5.26 Å². The second-order valence-corrected chi connectivity index (χ2v) is 7.33. The van der Waals surface area contributed by atoms with E-state index in [1.165, 1.54) is 25.7 Å². The Kier molecular flexibility index (Phi) is 5.09. The minimum atomic E-state index is -0.299. The van der Waals surface area contributed by atoms with Gasteiger partial charge in [0.1, 0.15) is 5.54 Å². The lowest BCUT2D eigenvalue weighted by Crippen LogP contribution is -2.50. The molecule has 1 atom stereocenters. The zero-order valence-electron chi connectivity index (χ0n) is 13.4. The average molecular weight is 278 g/mol. The maximum absolute atomic E-state index is 9.61. The molecule has 0 spiro atoms. The molecule has 1 heterocycles. The Morgan fingerprint density at radius 1 is 1.30 bits per heavy atom. The molecule has 0 aromatic carbocycles. The van der Waals surface area contributed by atoms with Crippen molar-refractivity contribution >= 4 is 0 Å². The lowest BCUT2D eigenvalue weighted by atomic mass is 9.66. The van der Waals surface area contributed by atoms with E-state index in [9.17, 15) is 5.26 Å². The van der Waals surface area contributed by atoms with Gasteiger partial charge in [-0.05, 0) is 49.9 Å². The van der Waals surface area contributed by atoms with E-state index in [0.717, 1.165) is 38.3 Å². The molecule has 1 saturated carbocycles. The maximum atomic E-state index is 9.61. The first-order chi connectivity index (χ1) is 9.51. The van der Waals surface area contributed by atoms with E-state index in [0.29, 0.717) is 11.5 Å². The SMILES string of the molecule is CCC(C)(C)C1CCC(C#N)(NCC2CCCO2)CC1. The van der Waals surface area contributed by atoms with Gasteiger partial charge >= 0.3 is 0 Å². The van der Waals surface area contributed by atoms with Crippen molar-refractivity contribution in [3.8, 4) is 6.07 Å². The van der Waals surface area contributed by atoms with Gasteiger partial charge < -0.3 is 4.74 Å². The topological polar surface area (TPSA) is 45.0 Å². The first kappa shape index (κ1) is 15.8. The predicted molar refractivity (Wildman–Crippen MR) is 81.4 cm³/mol. The maximum Gasteiger partial charge on any atom is 0.106 e. The third kappa shape index (κ3) is 3.54. The number of nitriles is 1. The second kappa shape index (κ2) is 6.45. The Hall–Kier alpha value is -0.590. The van der Waals surface area contributed by atoms with Crippen LogP contribution in [0.1, 0.15) is 65.7 Å². The molecule has 1 saturated heterocycles. The third-order valence-corrected chi connectivity index (χ3v) is 5.76. The van der Waals surface area contributed by atoms with Crippen LogP contribution in [0.3, 0.4) is 0 Å². The number of ether oxygens (including phenoxy) is 1. The van der Waals surface area contributed by atoms with Crippen molar-refractivity contribution < 1.29 is 4.74 Å². The van der Waals surface area contributed by atoms with Crippen LogP contribution in [0.2, 0.25) is 0 Å². The summed E-state index contributed by atoms with van der Waals surface area (Å²) in [6.07, 6.45) is 8.18. The normalized spacial score (nSPS) is 34.9. The van der Waals surface area contributed by atoms with E-state index in [-0.39, 0.29) is 5.54 Å². The summed E-state index contributed by atoms with van der Waals surface area (Å²) in [7, 11) is 0. The summed E-state index contributed by atoms with van der Waals surface area (Å²) >= 11 is 0. The summed E-state index contributed by atoms with van der Waals surface area (Å²) in [6, 6.07) is 2.56. The number of nitrogens with one attached hydrogen (secondary N) is 1. The molecule has 3 nitrogen and oxygen atoms in total. The fraction of sp³-hybridized carbons (Fsp3) is 0.941. The van der Waals surface area contributed by atoms with Crippen LogP contribution in [0.5, 0.6) is 0 Å². The van der Waals surface area contributed by atoms with Crippen LogP contribution in [-0.4, -0.2) is 24.8 Å². The molecule has 0 radical (unpaired) electrons. The highest BCUT2D eigenvalue weighted by atomic mass is 16.5. The zero-order valence-corrected chi connectivity index (χ0v) is 13.4. The van der Waals surface area contributed by atoms with E-state index < -0.39 is 0 Å². The standard InChI is InChI=1S/C17H30N2O/c1-4-16(2,3)14-7-9-17(13-18,10-8-14)19-12-15-6-5-11-20-15/h14-15,19H,4-12H2,1-3H3. The predicted octanol–water partition coefficient (Wildman–Crippen LogP) is 3.64. The van der Waals surface area contributed by atoms with Crippen molar-refractivity contribution in [1.29, 1.82) is 5.26 Å². The van der Waals surface area contributed by atoms with Crippen LogP contribution in [0.25, 0.3) is 0 Å². The summed E-state index contributed by atoms with van der Waals surface area (Å²) in [5.41, 5.74) is 0.114. The molecule has 1 N–H and O–H groups in total. The summed E-state index contributed by atoms with van der Waals surface area (Å²) < 4.78 is 5.65. The molecule has 2 fully saturated rings. The number of rotatable bonds is 5. The van der Waals surface area contributed by atoms with Crippen LogP contribution in [0.4, 0.5) is 0 Å². The highest BCUT2D eigenvalue weighted by Gasteiger charge is 2.40. The van der Waals surface area contributed by atoms with Gasteiger partial charge in [0, 0.05) is 13.2 Å². The first-order valence-corrected chi connectivity index (χ1v) is 8.29. The third-order valence-electron chi connectivity index (χ3n) is 5.76. The Morgan fingerprint density at radius 3 is 2.50 bits per heavy atom.